The maximum atomic E-state index is 6.03. The Kier molecular flexibility index (Phi) is 4.27. The van der Waals surface area contributed by atoms with Crippen LogP contribution in [0.15, 0.2) is 0 Å². The summed E-state index contributed by atoms with van der Waals surface area (Å²) in [6.45, 7) is 6.03. The predicted molar refractivity (Wildman–Crippen MR) is 69.6 cm³/mol. The summed E-state index contributed by atoms with van der Waals surface area (Å²) in [5.41, 5.74) is 2.82. The number of nitrogens with zero attached hydrogens (tertiary/aromatic N) is 4. The van der Waals surface area contributed by atoms with Crippen LogP contribution in [-0.4, -0.2) is 19.8 Å². The minimum absolute atomic E-state index is 0. The molecule has 0 saturated heterocycles. The molecule has 0 aliphatic carbocycles. The molecule has 0 bridgehead atoms. The molecular formula is C10H14BrClN4. The molecular weight excluding hydrogens is 291 g/mol. The fraction of sp³-hybridized carbons (Fsp3) is 0.500. The Labute approximate surface area is 110 Å². The van der Waals surface area contributed by atoms with Crippen molar-refractivity contribution in [2.45, 2.75) is 33.6 Å². The van der Waals surface area contributed by atoms with Gasteiger partial charge in [0.2, 0.25) is 0 Å². The minimum atomic E-state index is 0. The number of hydrogen-bond donors (Lipinski definition) is 0. The molecule has 0 unspecified atom stereocenters. The molecule has 0 atom stereocenters. The fourth-order valence-corrected chi connectivity index (χ4v) is 1.73. The molecule has 0 aliphatic heterocycles. The Morgan fingerprint density at radius 1 is 1.19 bits per heavy atom. The van der Waals surface area contributed by atoms with Gasteiger partial charge in [0.15, 0.2) is 16.6 Å². The van der Waals surface area contributed by atoms with Crippen molar-refractivity contribution >= 4 is 34.2 Å². The summed E-state index contributed by atoms with van der Waals surface area (Å²) < 4.78 is 1.74. The van der Waals surface area contributed by atoms with Crippen molar-refractivity contribution in [1.29, 1.82) is 0 Å². The summed E-state index contributed by atoms with van der Waals surface area (Å²) >= 11 is 6.03. The maximum absolute atomic E-state index is 6.03. The van der Waals surface area contributed by atoms with E-state index in [0.29, 0.717) is 5.15 Å². The summed E-state index contributed by atoms with van der Waals surface area (Å²) in [4.78, 5) is 0. The summed E-state index contributed by atoms with van der Waals surface area (Å²) in [6, 6.07) is 0. The van der Waals surface area contributed by atoms with Crippen molar-refractivity contribution in [2.75, 3.05) is 0 Å². The van der Waals surface area contributed by atoms with E-state index in [2.05, 4.69) is 22.2 Å². The van der Waals surface area contributed by atoms with Crippen LogP contribution in [0.5, 0.6) is 0 Å². The van der Waals surface area contributed by atoms with E-state index >= 15 is 0 Å². The van der Waals surface area contributed by atoms with E-state index in [9.17, 15) is 0 Å². The smallest absolute Gasteiger partial charge is 0.181 e. The molecule has 0 aromatic carbocycles. The van der Waals surface area contributed by atoms with Gasteiger partial charge in [-0.25, -0.2) is 0 Å². The zero-order valence-electron chi connectivity index (χ0n) is 9.49. The molecule has 16 heavy (non-hydrogen) atoms. The van der Waals surface area contributed by atoms with Gasteiger partial charge in [0, 0.05) is 12.0 Å². The molecule has 0 spiro atoms. The third kappa shape index (κ3) is 2.06. The molecule has 4 nitrogen and oxygen atoms in total. The van der Waals surface area contributed by atoms with Crippen LogP contribution in [0, 0.1) is 13.8 Å². The predicted octanol–water partition coefficient (Wildman–Crippen LogP) is 2.92. The first-order valence-electron chi connectivity index (χ1n) is 5.02. The zero-order chi connectivity index (χ0) is 11.0. The molecule has 0 saturated carbocycles. The lowest BCUT2D eigenvalue weighted by atomic mass is 10.2. The molecule has 2 aromatic rings. The van der Waals surface area contributed by atoms with Gasteiger partial charge in [-0.2, -0.15) is 9.61 Å². The standard InChI is InChI=1S/C10H13ClN4.BrH/c1-4-5-8-12-13-10-7(3)6(2)9(11)14-15(8)10;/h4-5H2,1-3H3;1H. The van der Waals surface area contributed by atoms with Crippen molar-refractivity contribution in [1.82, 2.24) is 19.8 Å². The first-order valence-corrected chi connectivity index (χ1v) is 5.40. The monoisotopic (exact) mass is 304 g/mol. The summed E-state index contributed by atoms with van der Waals surface area (Å²) in [5.74, 6) is 0.873. The van der Waals surface area contributed by atoms with Crippen LogP contribution in [0.2, 0.25) is 5.15 Å². The number of aromatic nitrogens is 4. The maximum Gasteiger partial charge on any atom is 0.181 e. The molecule has 2 rings (SSSR count). The van der Waals surface area contributed by atoms with Gasteiger partial charge in [0.25, 0.3) is 0 Å². The third-order valence-corrected chi connectivity index (χ3v) is 2.93. The van der Waals surface area contributed by atoms with Crippen LogP contribution >= 0.6 is 28.6 Å². The Morgan fingerprint density at radius 2 is 1.88 bits per heavy atom. The molecule has 6 heteroatoms. The van der Waals surface area contributed by atoms with Crippen LogP contribution in [-0.2, 0) is 6.42 Å². The fourth-order valence-electron chi connectivity index (χ4n) is 1.52. The number of hydrogen-bond acceptors (Lipinski definition) is 3. The van der Waals surface area contributed by atoms with Crippen LogP contribution in [0.1, 0.15) is 30.3 Å². The van der Waals surface area contributed by atoms with Gasteiger partial charge in [-0.05, 0) is 25.8 Å². The third-order valence-electron chi connectivity index (χ3n) is 2.57. The quantitative estimate of drug-likeness (QED) is 0.857. The van der Waals surface area contributed by atoms with E-state index in [1.165, 1.54) is 0 Å². The van der Waals surface area contributed by atoms with Crippen molar-refractivity contribution in [3.63, 3.8) is 0 Å². The Hall–Kier alpha value is -0.680. The first-order chi connectivity index (χ1) is 7.15. The van der Waals surface area contributed by atoms with Crippen molar-refractivity contribution in [3.05, 3.63) is 22.1 Å². The molecule has 0 aliphatic rings. The first kappa shape index (κ1) is 13.4. The molecule has 2 heterocycles. The zero-order valence-corrected chi connectivity index (χ0v) is 12.0. The second-order valence-electron chi connectivity index (χ2n) is 3.64. The lowest BCUT2D eigenvalue weighted by Gasteiger charge is -2.04. The highest BCUT2D eigenvalue weighted by molar-refractivity contribution is 8.93. The normalized spacial score (nSPS) is 10.5. The highest BCUT2D eigenvalue weighted by Crippen LogP contribution is 2.19. The molecule has 0 fully saturated rings. The van der Waals surface area contributed by atoms with E-state index in [1.54, 1.807) is 4.52 Å². The second-order valence-corrected chi connectivity index (χ2v) is 4.00. The van der Waals surface area contributed by atoms with Crippen LogP contribution < -0.4 is 0 Å². The van der Waals surface area contributed by atoms with Crippen LogP contribution in [0.3, 0.4) is 0 Å². The molecule has 88 valence electrons. The van der Waals surface area contributed by atoms with Crippen LogP contribution in [0.4, 0.5) is 0 Å². The van der Waals surface area contributed by atoms with Gasteiger partial charge in [-0.1, -0.05) is 18.5 Å². The molecule has 0 amide bonds. The summed E-state index contributed by atoms with van der Waals surface area (Å²) in [5, 5.41) is 13.0. The molecule has 2 aromatic heterocycles. The van der Waals surface area contributed by atoms with E-state index in [4.69, 9.17) is 11.6 Å². The van der Waals surface area contributed by atoms with Crippen molar-refractivity contribution in [3.8, 4) is 0 Å². The van der Waals surface area contributed by atoms with Gasteiger partial charge in [0.05, 0.1) is 0 Å². The van der Waals surface area contributed by atoms with Crippen LogP contribution in [0.25, 0.3) is 5.65 Å². The Balaban J connectivity index is 0.00000128. The number of fused-ring (bicyclic) bond motifs is 1. The van der Waals surface area contributed by atoms with Crippen molar-refractivity contribution < 1.29 is 0 Å². The minimum Gasteiger partial charge on any atom is -0.196 e. The van der Waals surface area contributed by atoms with E-state index < -0.39 is 0 Å². The average molecular weight is 306 g/mol. The molecule has 0 N–H and O–H groups in total. The van der Waals surface area contributed by atoms with Gasteiger partial charge >= 0.3 is 0 Å². The largest absolute Gasteiger partial charge is 0.196 e. The van der Waals surface area contributed by atoms with E-state index in [1.807, 2.05) is 13.8 Å². The Morgan fingerprint density at radius 3 is 2.50 bits per heavy atom. The van der Waals surface area contributed by atoms with Crippen molar-refractivity contribution in [2.24, 2.45) is 0 Å². The van der Waals surface area contributed by atoms with Gasteiger partial charge in [0.1, 0.15) is 0 Å². The number of halogens is 2. The van der Waals surface area contributed by atoms with E-state index in [0.717, 1.165) is 35.4 Å². The van der Waals surface area contributed by atoms with Gasteiger partial charge in [-0.3, -0.25) is 0 Å². The number of rotatable bonds is 2. The topological polar surface area (TPSA) is 43.1 Å². The lowest BCUT2D eigenvalue weighted by molar-refractivity contribution is 0.767. The second kappa shape index (κ2) is 5.10. The Bertz CT molecular complexity index is 509. The summed E-state index contributed by atoms with van der Waals surface area (Å²) in [6.07, 6.45) is 1.89. The molecule has 0 radical (unpaired) electrons. The highest BCUT2D eigenvalue weighted by atomic mass is 79.9. The SMILES string of the molecule is Br.CCCc1nnc2c(C)c(C)c(Cl)nn12. The summed E-state index contributed by atoms with van der Waals surface area (Å²) in [7, 11) is 0. The number of aryl methyl sites for hydroxylation is 2. The van der Waals surface area contributed by atoms with Gasteiger partial charge in [-0.15, -0.1) is 27.2 Å². The average Bonchev–Trinajstić information content (AvgIpc) is 2.59. The lowest BCUT2D eigenvalue weighted by Crippen LogP contribution is -2.02. The van der Waals surface area contributed by atoms with Gasteiger partial charge < -0.3 is 0 Å². The van der Waals surface area contributed by atoms with E-state index in [-0.39, 0.29) is 17.0 Å². The highest BCUT2D eigenvalue weighted by Gasteiger charge is 2.12.